The number of fused-ring (bicyclic) bond motifs is 1. The number of aromatic amines is 1. The van der Waals surface area contributed by atoms with Gasteiger partial charge in [-0.1, -0.05) is 61.0 Å². The van der Waals surface area contributed by atoms with Crippen LogP contribution < -0.4 is 10.8 Å². The number of anilines is 1. The predicted molar refractivity (Wildman–Crippen MR) is 164 cm³/mol. The minimum absolute atomic E-state index is 0.324. The van der Waals surface area contributed by atoms with Crippen LogP contribution >= 0.6 is 0 Å². The Bertz CT molecular complexity index is 1390. The molecule has 0 radical (unpaired) electrons. The number of hydroxylamine groups is 1. The number of ether oxygens (including phenoxy) is 1. The zero-order valence-electron chi connectivity index (χ0n) is 24.1. The van der Waals surface area contributed by atoms with E-state index in [2.05, 4.69) is 72.5 Å². The molecule has 0 unspecified atom stereocenters. The molecular formula is C32H41N7O3. The minimum Gasteiger partial charge on any atom is -0.380 e. The number of nitrogens with zero attached hydrogens (tertiary/aromatic N) is 4. The molecule has 10 heteroatoms. The molecule has 2 aromatic carbocycles. The van der Waals surface area contributed by atoms with E-state index in [0.717, 1.165) is 99.9 Å². The molecular weight excluding hydrogens is 530 g/mol. The molecule has 4 aromatic rings. The van der Waals surface area contributed by atoms with Gasteiger partial charge in [0.25, 0.3) is 0 Å². The maximum absolute atomic E-state index is 11.0. The topological polar surface area (TPSA) is 119 Å². The van der Waals surface area contributed by atoms with Gasteiger partial charge in [0.05, 0.1) is 12.0 Å². The lowest BCUT2D eigenvalue weighted by molar-refractivity contribution is -0.129. The number of nitrogens with one attached hydrogen (secondary N) is 3. The first-order valence-corrected chi connectivity index (χ1v) is 14.8. The summed E-state index contributed by atoms with van der Waals surface area (Å²) in [6, 6.07) is 21.2. The summed E-state index contributed by atoms with van der Waals surface area (Å²) in [7, 11) is 0. The van der Waals surface area contributed by atoms with Crippen LogP contribution in [0.25, 0.3) is 22.3 Å². The van der Waals surface area contributed by atoms with Gasteiger partial charge in [-0.15, -0.1) is 0 Å². The lowest BCUT2D eigenvalue weighted by atomic mass is 10.1. The SMILES string of the molecule is O=C(CCCCCOCCN1CCN(Cc2ccc(-c3cc4c(NCc5ccccc5)ncnc4[nH]3)cc2)CC1)NO. The van der Waals surface area contributed by atoms with Gasteiger partial charge in [0, 0.05) is 64.5 Å². The van der Waals surface area contributed by atoms with Crippen molar-refractivity contribution in [2.45, 2.75) is 38.8 Å². The van der Waals surface area contributed by atoms with Crippen LogP contribution in [0.4, 0.5) is 5.82 Å². The van der Waals surface area contributed by atoms with Gasteiger partial charge in [-0.2, -0.15) is 0 Å². The molecule has 222 valence electrons. The summed E-state index contributed by atoms with van der Waals surface area (Å²) in [6.07, 6.45) is 4.59. The van der Waals surface area contributed by atoms with E-state index in [9.17, 15) is 4.79 Å². The lowest BCUT2D eigenvalue weighted by Crippen LogP contribution is -2.46. The first-order valence-electron chi connectivity index (χ1n) is 14.8. The summed E-state index contributed by atoms with van der Waals surface area (Å²) >= 11 is 0. The van der Waals surface area contributed by atoms with E-state index in [4.69, 9.17) is 9.94 Å². The number of carbonyl (C=O) groups is 1. The van der Waals surface area contributed by atoms with Gasteiger partial charge in [0.2, 0.25) is 5.91 Å². The Kier molecular flexibility index (Phi) is 10.9. The summed E-state index contributed by atoms with van der Waals surface area (Å²) in [4.78, 5) is 28.4. The molecule has 3 heterocycles. The van der Waals surface area contributed by atoms with Crippen molar-refractivity contribution < 1.29 is 14.7 Å². The van der Waals surface area contributed by atoms with E-state index in [1.807, 2.05) is 18.2 Å². The number of rotatable bonds is 15. The first kappa shape index (κ1) is 29.7. The van der Waals surface area contributed by atoms with Gasteiger partial charge in [0.15, 0.2) is 0 Å². The van der Waals surface area contributed by atoms with Crippen molar-refractivity contribution in [1.82, 2.24) is 30.2 Å². The molecule has 1 aliphatic heterocycles. The lowest BCUT2D eigenvalue weighted by Gasteiger charge is -2.34. The molecule has 1 aliphatic rings. The molecule has 0 aliphatic carbocycles. The Morgan fingerprint density at radius 1 is 0.905 bits per heavy atom. The predicted octanol–water partition coefficient (Wildman–Crippen LogP) is 4.44. The second-order valence-corrected chi connectivity index (χ2v) is 10.8. The Balaban J connectivity index is 1.03. The molecule has 4 N–H and O–H groups in total. The van der Waals surface area contributed by atoms with E-state index in [1.54, 1.807) is 11.8 Å². The number of carbonyl (C=O) groups excluding carboxylic acids is 1. The fraction of sp³-hybridized carbons (Fsp3) is 0.406. The number of amides is 1. The molecule has 1 saturated heterocycles. The van der Waals surface area contributed by atoms with Gasteiger partial charge < -0.3 is 15.0 Å². The molecule has 0 atom stereocenters. The average molecular weight is 572 g/mol. The van der Waals surface area contributed by atoms with E-state index >= 15 is 0 Å². The number of piperazine rings is 1. The van der Waals surface area contributed by atoms with Gasteiger partial charge in [0.1, 0.15) is 17.8 Å². The van der Waals surface area contributed by atoms with E-state index in [-0.39, 0.29) is 5.91 Å². The fourth-order valence-electron chi connectivity index (χ4n) is 5.25. The molecule has 2 aromatic heterocycles. The number of unbranched alkanes of at least 4 members (excludes halogenated alkanes) is 2. The Hall–Kier alpha value is -3.83. The second kappa shape index (κ2) is 15.4. The molecule has 0 bridgehead atoms. The highest BCUT2D eigenvalue weighted by Crippen LogP contribution is 2.27. The molecule has 5 rings (SSSR count). The van der Waals surface area contributed by atoms with Crippen molar-refractivity contribution in [3.8, 4) is 11.3 Å². The van der Waals surface area contributed by atoms with Crippen LogP contribution in [0.5, 0.6) is 0 Å². The fourth-order valence-corrected chi connectivity index (χ4v) is 5.25. The highest BCUT2D eigenvalue weighted by molar-refractivity contribution is 5.91. The Morgan fingerprint density at radius 2 is 1.69 bits per heavy atom. The van der Waals surface area contributed by atoms with Gasteiger partial charge in [-0.3, -0.25) is 19.8 Å². The number of hydrogen-bond donors (Lipinski definition) is 4. The number of aromatic nitrogens is 3. The molecule has 0 saturated carbocycles. The Labute approximate surface area is 247 Å². The standard InChI is InChI=1S/C32H41N7O3/c40-30(37-41)9-5-2-6-19-42-20-18-38-14-16-39(17-15-38)23-26-10-12-27(13-11-26)29-21-28-31(34-24-35-32(28)36-29)33-22-25-7-3-1-4-8-25/h1,3-4,7-8,10-13,21,24,41H,2,5-6,9,14-20,22-23H2,(H,37,40)(H2,33,34,35,36). The summed E-state index contributed by atoms with van der Waals surface area (Å²) in [5.74, 6) is 0.505. The monoisotopic (exact) mass is 571 g/mol. The van der Waals surface area contributed by atoms with E-state index in [0.29, 0.717) is 13.0 Å². The Morgan fingerprint density at radius 3 is 2.48 bits per heavy atom. The second-order valence-electron chi connectivity index (χ2n) is 10.8. The van der Waals surface area contributed by atoms with Gasteiger partial charge >= 0.3 is 0 Å². The van der Waals surface area contributed by atoms with Crippen LogP contribution in [0.15, 0.2) is 67.0 Å². The van der Waals surface area contributed by atoms with Gasteiger partial charge in [-0.25, -0.2) is 15.4 Å². The molecule has 10 nitrogen and oxygen atoms in total. The van der Waals surface area contributed by atoms with Crippen LogP contribution in [0.1, 0.15) is 36.8 Å². The van der Waals surface area contributed by atoms with Crippen LogP contribution in [0, 0.1) is 0 Å². The van der Waals surface area contributed by atoms with E-state index in [1.165, 1.54) is 11.1 Å². The third-order valence-corrected chi connectivity index (χ3v) is 7.73. The zero-order valence-corrected chi connectivity index (χ0v) is 24.1. The number of H-pyrrole nitrogens is 1. The van der Waals surface area contributed by atoms with Crippen molar-refractivity contribution in [2.24, 2.45) is 0 Å². The summed E-state index contributed by atoms with van der Waals surface area (Å²) < 4.78 is 5.78. The van der Waals surface area contributed by atoms with Crippen LogP contribution in [-0.4, -0.2) is 81.8 Å². The quantitative estimate of drug-likeness (QED) is 0.0940. The normalized spacial score (nSPS) is 14.3. The summed E-state index contributed by atoms with van der Waals surface area (Å²) in [6.45, 7) is 8.27. The molecule has 42 heavy (non-hydrogen) atoms. The van der Waals surface area contributed by atoms with Crippen molar-refractivity contribution in [2.75, 3.05) is 51.3 Å². The maximum Gasteiger partial charge on any atom is 0.243 e. The van der Waals surface area contributed by atoms with Crippen molar-refractivity contribution in [3.63, 3.8) is 0 Å². The van der Waals surface area contributed by atoms with Crippen LogP contribution in [0.3, 0.4) is 0 Å². The molecule has 1 fully saturated rings. The smallest absolute Gasteiger partial charge is 0.243 e. The maximum atomic E-state index is 11.0. The first-order chi connectivity index (χ1) is 20.7. The highest BCUT2D eigenvalue weighted by Gasteiger charge is 2.17. The molecule has 1 amide bonds. The third kappa shape index (κ3) is 8.59. The highest BCUT2D eigenvalue weighted by atomic mass is 16.5. The summed E-state index contributed by atoms with van der Waals surface area (Å²) in [5.41, 5.74) is 7.17. The largest absolute Gasteiger partial charge is 0.380 e. The zero-order chi connectivity index (χ0) is 29.0. The number of hydrogen-bond acceptors (Lipinski definition) is 8. The molecule has 0 spiro atoms. The van der Waals surface area contributed by atoms with E-state index < -0.39 is 0 Å². The minimum atomic E-state index is -0.324. The van der Waals surface area contributed by atoms with Crippen LogP contribution in [-0.2, 0) is 22.6 Å². The van der Waals surface area contributed by atoms with Crippen molar-refractivity contribution in [1.29, 1.82) is 0 Å². The van der Waals surface area contributed by atoms with Crippen LogP contribution in [0.2, 0.25) is 0 Å². The number of benzene rings is 2. The third-order valence-electron chi connectivity index (χ3n) is 7.73. The van der Waals surface area contributed by atoms with Crippen molar-refractivity contribution in [3.05, 3.63) is 78.1 Å². The average Bonchev–Trinajstić information content (AvgIpc) is 3.48. The summed E-state index contributed by atoms with van der Waals surface area (Å²) in [5, 5.41) is 12.9. The van der Waals surface area contributed by atoms with Gasteiger partial charge in [-0.05, 0) is 35.6 Å². The van der Waals surface area contributed by atoms with Crippen molar-refractivity contribution >= 4 is 22.8 Å².